The lowest BCUT2D eigenvalue weighted by atomic mass is 10.0. The molecule has 0 saturated heterocycles. The molecule has 0 fully saturated rings. The van der Waals surface area contributed by atoms with Crippen LogP contribution in [0.5, 0.6) is 0 Å². The number of anilines is 1. The van der Waals surface area contributed by atoms with Crippen molar-refractivity contribution in [2.75, 3.05) is 11.9 Å². The van der Waals surface area contributed by atoms with Crippen molar-refractivity contribution in [2.45, 2.75) is 25.8 Å². The Morgan fingerprint density at radius 2 is 1.89 bits per heavy atom. The molecule has 0 spiro atoms. The second kappa shape index (κ2) is 10.5. The number of nitriles is 1. The summed E-state index contributed by atoms with van der Waals surface area (Å²) in [6.07, 6.45) is 1.74. The second-order valence-corrected chi connectivity index (χ2v) is 7.92. The number of amides is 2. The number of nitrogens with one attached hydrogen (secondary N) is 1. The topological polar surface area (TPSA) is 125 Å². The minimum atomic E-state index is -0.690. The molecule has 2 aromatic carbocycles. The van der Waals surface area contributed by atoms with E-state index in [2.05, 4.69) is 10.4 Å². The van der Waals surface area contributed by atoms with Gasteiger partial charge < -0.3 is 14.5 Å². The van der Waals surface area contributed by atoms with E-state index in [1.807, 2.05) is 31.2 Å². The Morgan fingerprint density at radius 1 is 1.14 bits per heavy atom. The van der Waals surface area contributed by atoms with Crippen LogP contribution in [0.15, 0.2) is 76.4 Å². The Morgan fingerprint density at radius 3 is 2.54 bits per heavy atom. The van der Waals surface area contributed by atoms with Crippen molar-refractivity contribution >= 4 is 29.2 Å². The molecular formula is C26H22N4O5. The van der Waals surface area contributed by atoms with E-state index in [9.17, 15) is 14.4 Å². The number of rotatable bonds is 7. The summed E-state index contributed by atoms with van der Waals surface area (Å²) >= 11 is 0. The van der Waals surface area contributed by atoms with Crippen LogP contribution in [0.3, 0.4) is 0 Å². The Labute approximate surface area is 201 Å². The molecule has 2 amide bonds. The number of nitrogens with zero attached hydrogens (tertiary/aromatic N) is 3. The fourth-order valence-corrected chi connectivity index (χ4v) is 3.61. The van der Waals surface area contributed by atoms with E-state index in [4.69, 9.17) is 14.4 Å². The highest BCUT2D eigenvalue weighted by Gasteiger charge is 2.35. The first kappa shape index (κ1) is 23.4. The van der Waals surface area contributed by atoms with Gasteiger partial charge in [-0.2, -0.15) is 10.4 Å². The molecule has 2 heterocycles. The molecule has 1 N–H and O–H groups in total. The fourth-order valence-electron chi connectivity index (χ4n) is 3.61. The SMILES string of the molecule is Cc1ccc(C2=NN(C(=O)COC(=O)c3ccc(NC(=O)CC#N)cc3)C(c3ccco3)C2)cc1. The van der Waals surface area contributed by atoms with Crippen molar-refractivity contribution < 1.29 is 23.5 Å². The predicted molar refractivity (Wildman–Crippen MR) is 126 cm³/mol. The summed E-state index contributed by atoms with van der Waals surface area (Å²) in [6.45, 7) is 1.50. The zero-order valence-corrected chi connectivity index (χ0v) is 18.9. The number of benzene rings is 2. The van der Waals surface area contributed by atoms with E-state index in [1.54, 1.807) is 18.2 Å². The first-order valence-electron chi connectivity index (χ1n) is 10.9. The summed E-state index contributed by atoms with van der Waals surface area (Å²) in [5, 5.41) is 16.9. The minimum Gasteiger partial charge on any atom is -0.467 e. The summed E-state index contributed by atoms with van der Waals surface area (Å²) in [7, 11) is 0. The Balaban J connectivity index is 1.42. The van der Waals surface area contributed by atoms with Crippen molar-refractivity contribution in [1.82, 2.24) is 5.01 Å². The first-order valence-corrected chi connectivity index (χ1v) is 10.9. The molecule has 1 aromatic heterocycles. The van der Waals surface area contributed by atoms with Crippen LogP contribution >= 0.6 is 0 Å². The molecule has 1 aliphatic heterocycles. The van der Waals surface area contributed by atoms with Crippen molar-refractivity contribution in [3.63, 3.8) is 0 Å². The van der Waals surface area contributed by atoms with Crippen molar-refractivity contribution in [2.24, 2.45) is 5.10 Å². The summed E-state index contributed by atoms with van der Waals surface area (Å²) < 4.78 is 10.8. The summed E-state index contributed by atoms with van der Waals surface area (Å²) in [4.78, 5) is 36.9. The van der Waals surface area contributed by atoms with Gasteiger partial charge in [-0.05, 0) is 48.9 Å². The number of hydrogen-bond donors (Lipinski definition) is 1. The molecule has 0 aliphatic carbocycles. The number of esters is 1. The number of furan rings is 1. The zero-order valence-electron chi connectivity index (χ0n) is 18.9. The third-order valence-electron chi connectivity index (χ3n) is 5.39. The fraction of sp³-hybridized carbons (Fsp3) is 0.192. The van der Waals surface area contributed by atoms with E-state index >= 15 is 0 Å². The molecular weight excluding hydrogens is 448 g/mol. The lowest BCUT2D eigenvalue weighted by molar-refractivity contribution is -0.136. The molecule has 35 heavy (non-hydrogen) atoms. The van der Waals surface area contributed by atoms with Crippen molar-refractivity contribution in [1.29, 1.82) is 5.26 Å². The zero-order chi connectivity index (χ0) is 24.8. The van der Waals surface area contributed by atoms with Gasteiger partial charge in [0.1, 0.15) is 18.2 Å². The van der Waals surface area contributed by atoms with Crippen LogP contribution in [-0.4, -0.2) is 35.1 Å². The highest BCUT2D eigenvalue weighted by Crippen LogP contribution is 2.33. The van der Waals surface area contributed by atoms with Gasteiger partial charge >= 0.3 is 5.97 Å². The lowest BCUT2D eigenvalue weighted by Crippen LogP contribution is -2.31. The second-order valence-electron chi connectivity index (χ2n) is 7.92. The highest BCUT2D eigenvalue weighted by atomic mass is 16.5. The van der Waals surface area contributed by atoms with Gasteiger partial charge in [0.05, 0.1) is 23.6 Å². The maximum Gasteiger partial charge on any atom is 0.338 e. The van der Waals surface area contributed by atoms with Gasteiger partial charge in [0.2, 0.25) is 5.91 Å². The third-order valence-corrected chi connectivity index (χ3v) is 5.39. The maximum absolute atomic E-state index is 13.0. The molecule has 9 heteroatoms. The van der Waals surface area contributed by atoms with E-state index < -0.39 is 30.4 Å². The normalized spacial score (nSPS) is 14.7. The van der Waals surface area contributed by atoms with Crippen molar-refractivity contribution in [3.05, 3.63) is 89.4 Å². The molecule has 1 unspecified atom stereocenters. The molecule has 176 valence electrons. The highest BCUT2D eigenvalue weighted by molar-refractivity contribution is 6.03. The van der Waals surface area contributed by atoms with E-state index in [0.717, 1.165) is 16.8 Å². The van der Waals surface area contributed by atoms with E-state index in [-0.39, 0.29) is 12.0 Å². The predicted octanol–water partition coefficient (Wildman–Crippen LogP) is 3.97. The van der Waals surface area contributed by atoms with E-state index in [1.165, 1.54) is 35.5 Å². The van der Waals surface area contributed by atoms with Crippen LogP contribution in [0.4, 0.5) is 5.69 Å². The maximum atomic E-state index is 13.0. The number of ether oxygens (including phenoxy) is 1. The molecule has 1 aliphatic rings. The standard InChI is InChI=1S/C26H22N4O5/c1-17-4-6-18(7-5-17)21-15-22(23-3-2-14-34-23)30(29-21)25(32)16-35-26(33)19-8-10-20(11-9-19)28-24(31)12-13-27/h2-11,14,22H,12,15-16H2,1H3,(H,28,31). The Hall–Kier alpha value is -4.71. The van der Waals surface area contributed by atoms with Gasteiger partial charge in [-0.15, -0.1) is 0 Å². The Bertz CT molecular complexity index is 1290. The average molecular weight is 470 g/mol. The molecule has 1 atom stereocenters. The monoisotopic (exact) mass is 470 g/mol. The molecule has 3 aromatic rings. The molecule has 0 radical (unpaired) electrons. The van der Waals surface area contributed by atoms with Crippen LogP contribution in [0.2, 0.25) is 0 Å². The Kier molecular flexibility index (Phi) is 7.02. The van der Waals surface area contributed by atoms with Crippen LogP contribution in [0, 0.1) is 18.3 Å². The molecule has 4 rings (SSSR count). The molecule has 9 nitrogen and oxygen atoms in total. The number of hydrazone groups is 1. The quantitative estimate of drug-likeness (QED) is 0.521. The van der Waals surface area contributed by atoms with Gasteiger partial charge in [0, 0.05) is 12.1 Å². The van der Waals surface area contributed by atoms with Gasteiger partial charge in [-0.25, -0.2) is 9.80 Å². The van der Waals surface area contributed by atoms with Gasteiger partial charge in [0.25, 0.3) is 5.91 Å². The van der Waals surface area contributed by atoms with Gasteiger partial charge in [-0.1, -0.05) is 29.8 Å². The van der Waals surface area contributed by atoms with Crippen LogP contribution in [0.1, 0.15) is 46.1 Å². The number of aryl methyl sites for hydroxylation is 1. The van der Waals surface area contributed by atoms with E-state index in [0.29, 0.717) is 17.9 Å². The smallest absolute Gasteiger partial charge is 0.338 e. The number of hydrogen-bond acceptors (Lipinski definition) is 7. The van der Waals surface area contributed by atoms with Gasteiger partial charge in [-0.3, -0.25) is 9.59 Å². The third kappa shape index (κ3) is 5.62. The van der Waals surface area contributed by atoms with Crippen molar-refractivity contribution in [3.8, 4) is 6.07 Å². The minimum absolute atomic E-state index is 0.212. The lowest BCUT2D eigenvalue weighted by Gasteiger charge is -2.19. The first-order chi connectivity index (χ1) is 16.9. The summed E-state index contributed by atoms with van der Waals surface area (Å²) in [5.41, 5.74) is 3.41. The largest absolute Gasteiger partial charge is 0.467 e. The molecule has 0 bridgehead atoms. The average Bonchev–Trinajstić information content (AvgIpc) is 3.54. The summed E-state index contributed by atoms with van der Waals surface area (Å²) in [6, 6.07) is 18.7. The van der Waals surface area contributed by atoms with Crippen LogP contribution in [0.25, 0.3) is 0 Å². The number of carbonyl (C=O) groups excluding carboxylic acids is 3. The van der Waals surface area contributed by atoms with Gasteiger partial charge in [0.15, 0.2) is 6.61 Å². The number of carbonyl (C=O) groups is 3. The van der Waals surface area contributed by atoms with Crippen LogP contribution in [-0.2, 0) is 14.3 Å². The molecule has 0 saturated carbocycles. The van der Waals surface area contributed by atoms with Crippen LogP contribution < -0.4 is 5.32 Å². The summed E-state index contributed by atoms with van der Waals surface area (Å²) in [5.74, 6) is -1.03.